The number of amides is 1. The highest BCUT2D eigenvalue weighted by Crippen LogP contribution is 2.23. The maximum absolute atomic E-state index is 12.8. The van der Waals surface area contributed by atoms with Crippen molar-refractivity contribution < 1.29 is 17.6 Å². The van der Waals surface area contributed by atoms with Crippen LogP contribution in [0.15, 0.2) is 62.6 Å². The Morgan fingerprint density at radius 3 is 2.59 bits per heavy atom. The third kappa shape index (κ3) is 4.01. The molecule has 0 saturated heterocycles. The summed E-state index contributed by atoms with van der Waals surface area (Å²) in [7, 11) is -3.89. The van der Waals surface area contributed by atoms with Crippen LogP contribution in [0.5, 0.6) is 0 Å². The van der Waals surface area contributed by atoms with Crippen molar-refractivity contribution in [1.82, 2.24) is 5.32 Å². The molecule has 0 unspecified atom stereocenters. The normalized spacial score (nSPS) is 11.3. The van der Waals surface area contributed by atoms with E-state index in [0.29, 0.717) is 34.3 Å². The summed E-state index contributed by atoms with van der Waals surface area (Å²) in [6, 6.07) is 11.8. The first-order valence-electron chi connectivity index (χ1n) is 8.26. The van der Waals surface area contributed by atoms with Crippen molar-refractivity contribution >= 4 is 32.6 Å². The van der Waals surface area contributed by atoms with Crippen LogP contribution in [0.4, 0.5) is 5.69 Å². The monoisotopic (exact) mass is 386 g/mol. The van der Waals surface area contributed by atoms with Crippen LogP contribution in [0.1, 0.15) is 22.8 Å². The average molecular weight is 386 g/mol. The predicted molar refractivity (Wildman–Crippen MR) is 102 cm³/mol. The molecule has 0 aliphatic heterocycles. The lowest BCUT2D eigenvalue weighted by molar-refractivity contribution is 0.0956. The third-order valence-electron chi connectivity index (χ3n) is 3.98. The van der Waals surface area contributed by atoms with Gasteiger partial charge in [-0.1, -0.05) is 6.07 Å². The van der Waals surface area contributed by atoms with E-state index in [2.05, 4.69) is 10.0 Å². The highest BCUT2D eigenvalue weighted by atomic mass is 32.2. The van der Waals surface area contributed by atoms with Crippen LogP contribution < -0.4 is 15.7 Å². The Bertz CT molecular complexity index is 1180. The molecule has 1 heterocycles. The van der Waals surface area contributed by atoms with E-state index < -0.39 is 15.6 Å². The number of sulfonamides is 1. The third-order valence-corrected chi connectivity index (χ3v) is 5.35. The molecule has 1 amide bonds. The fraction of sp³-hybridized carbons (Fsp3) is 0.158. The summed E-state index contributed by atoms with van der Waals surface area (Å²) in [4.78, 5) is 23.3. The molecule has 0 bridgehead atoms. The molecule has 0 aliphatic carbocycles. The van der Waals surface area contributed by atoms with Gasteiger partial charge in [0.25, 0.3) is 15.9 Å². The lowest BCUT2D eigenvalue weighted by Gasteiger charge is -2.12. The Hall–Kier alpha value is -3.13. The number of fused-ring (bicyclic) bond motifs is 1. The SMILES string of the molecule is CCNC(=O)c1ccc(C)c(NS(=O)(=O)c2ccc3oc(=O)ccc3c2)c1. The van der Waals surface area contributed by atoms with Crippen LogP contribution in [0.2, 0.25) is 0 Å². The van der Waals surface area contributed by atoms with E-state index in [1.807, 2.05) is 0 Å². The molecule has 7 nitrogen and oxygen atoms in total. The number of anilines is 1. The summed E-state index contributed by atoms with van der Waals surface area (Å²) in [6.07, 6.45) is 0. The van der Waals surface area contributed by atoms with Crippen LogP contribution in [0, 0.1) is 6.92 Å². The Balaban J connectivity index is 1.97. The van der Waals surface area contributed by atoms with Gasteiger partial charge in [0.05, 0.1) is 10.6 Å². The van der Waals surface area contributed by atoms with E-state index in [1.165, 1.54) is 36.4 Å². The Morgan fingerprint density at radius 1 is 1.07 bits per heavy atom. The molecule has 2 aromatic carbocycles. The molecule has 0 radical (unpaired) electrons. The summed E-state index contributed by atoms with van der Waals surface area (Å²) < 4.78 is 33.1. The number of nitrogens with one attached hydrogen (secondary N) is 2. The van der Waals surface area contributed by atoms with E-state index in [4.69, 9.17) is 4.42 Å². The second-order valence-electron chi connectivity index (χ2n) is 5.95. The Morgan fingerprint density at radius 2 is 1.85 bits per heavy atom. The molecule has 2 N–H and O–H groups in total. The largest absolute Gasteiger partial charge is 0.423 e. The number of hydrogen-bond donors (Lipinski definition) is 2. The fourth-order valence-corrected chi connectivity index (χ4v) is 3.71. The van der Waals surface area contributed by atoms with E-state index in [-0.39, 0.29) is 10.8 Å². The van der Waals surface area contributed by atoms with Crippen molar-refractivity contribution in [1.29, 1.82) is 0 Å². The van der Waals surface area contributed by atoms with E-state index in [1.54, 1.807) is 26.0 Å². The summed E-state index contributed by atoms with van der Waals surface area (Å²) >= 11 is 0. The quantitative estimate of drug-likeness (QED) is 0.656. The fourth-order valence-electron chi connectivity index (χ4n) is 2.56. The van der Waals surface area contributed by atoms with Gasteiger partial charge in [-0.05, 0) is 55.8 Å². The molecule has 3 rings (SSSR count). The number of hydrogen-bond acceptors (Lipinski definition) is 5. The van der Waals surface area contributed by atoms with E-state index in [0.717, 1.165) is 0 Å². The van der Waals surface area contributed by atoms with Gasteiger partial charge >= 0.3 is 5.63 Å². The number of carbonyl (C=O) groups is 1. The number of aryl methyl sites for hydroxylation is 1. The zero-order valence-electron chi connectivity index (χ0n) is 14.8. The van der Waals surface area contributed by atoms with E-state index >= 15 is 0 Å². The molecule has 1 aromatic heterocycles. The van der Waals surface area contributed by atoms with Gasteiger partial charge in [0.2, 0.25) is 0 Å². The van der Waals surface area contributed by atoms with Gasteiger partial charge in [0.15, 0.2) is 0 Å². The van der Waals surface area contributed by atoms with Crippen LogP contribution in [0.3, 0.4) is 0 Å². The highest BCUT2D eigenvalue weighted by Gasteiger charge is 2.17. The van der Waals surface area contributed by atoms with Crippen molar-refractivity contribution in [3.05, 3.63) is 70.1 Å². The molecule has 3 aromatic rings. The Labute approximate surface area is 156 Å². The standard InChI is InChI=1S/C19H18N2O5S/c1-3-20-19(23)14-5-4-12(2)16(11-14)21-27(24,25)15-7-8-17-13(10-15)6-9-18(22)26-17/h4-11,21H,3H2,1-2H3,(H,20,23). The van der Waals surface area contributed by atoms with Crippen molar-refractivity contribution in [3.63, 3.8) is 0 Å². The second kappa shape index (κ2) is 7.24. The van der Waals surface area contributed by atoms with Crippen LogP contribution in [-0.4, -0.2) is 20.9 Å². The zero-order valence-corrected chi connectivity index (χ0v) is 15.6. The molecule has 0 atom stereocenters. The van der Waals surface area contributed by atoms with Crippen LogP contribution >= 0.6 is 0 Å². The first-order chi connectivity index (χ1) is 12.8. The van der Waals surface area contributed by atoms with Gasteiger partial charge in [0, 0.05) is 23.6 Å². The molecule has 8 heteroatoms. The predicted octanol–water partition coefficient (Wildman–Crippen LogP) is 2.65. The van der Waals surface area contributed by atoms with Crippen molar-refractivity contribution in [2.45, 2.75) is 18.7 Å². The summed E-state index contributed by atoms with van der Waals surface area (Å²) in [5.74, 6) is -0.279. The molecule has 0 aliphatic rings. The lowest BCUT2D eigenvalue weighted by Crippen LogP contribution is -2.23. The number of rotatable bonds is 5. The zero-order chi connectivity index (χ0) is 19.6. The van der Waals surface area contributed by atoms with Gasteiger partial charge in [-0.3, -0.25) is 9.52 Å². The smallest absolute Gasteiger partial charge is 0.336 e. The Kier molecular flexibility index (Phi) is 5.00. The van der Waals surface area contributed by atoms with Crippen LogP contribution in [-0.2, 0) is 10.0 Å². The minimum atomic E-state index is -3.89. The summed E-state index contributed by atoms with van der Waals surface area (Å²) in [5, 5.41) is 3.17. The van der Waals surface area contributed by atoms with Gasteiger partial charge in [-0.25, -0.2) is 13.2 Å². The second-order valence-corrected chi connectivity index (χ2v) is 7.63. The van der Waals surface area contributed by atoms with Crippen LogP contribution in [0.25, 0.3) is 11.0 Å². The molecule has 27 heavy (non-hydrogen) atoms. The average Bonchev–Trinajstić information content (AvgIpc) is 2.63. The van der Waals surface area contributed by atoms with Crippen molar-refractivity contribution in [2.24, 2.45) is 0 Å². The van der Waals surface area contributed by atoms with Gasteiger partial charge in [-0.15, -0.1) is 0 Å². The number of benzene rings is 2. The number of carbonyl (C=O) groups excluding carboxylic acids is 1. The molecule has 0 saturated carbocycles. The highest BCUT2D eigenvalue weighted by molar-refractivity contribution is 7.92. The molecule has 140 valence electrons. The maximum atomic E-state index is 12.8. The molecular weight excluding hydrogens is 368 g/mol. The summed E-state index contributed by atoms with van der Waals surface area (Å²) in [5.41, 5.74) is 1.15. The van der Waals surface area contributed by atoms with Gasteiger partial charge < -0.3 is 9.73 Å². The van der Waals surface area contributed by atoms with Gasteiger partial charge in [-0.2, -0.15) is 0 Å². The van der Waals surface area contributed by atoms with Gasteiger partial charge in [0.1, 0.15) is 5.58 Å². The molecule has 0 spiro atoms. The first kappa shape index (κ1) is 18.7. The minimum absolute atomic E-state index is 0.0201. The van der Waals surface area contributed by atoms with E-state index in [9.17, 15) is 18.0 Å². The van der Waals surface area contributed by atoms with Crippen molar-refractivity contribution in [3.8, 4) is 0 Å². The first-order valence-corrected chi connectivity index (χ1v) is 9.74. The topological polar surface area (TPSA) is 105 Å². The molecule has 0 fully saturated rings. The summed E-state index contributed by atoms with van der Waals surface area (Å²) in [6.45, 7) is 4.02. The van der Waals surface area contributed by atoms with Crippen molar-refractivity contribution in [2.75, 3.05) is 11.3 Å². The lowest BCUT2D eigenvalue weighted by atomic mass is 10.1. The molecular formula is C19H18N2O5S. The maximum Gasteiger partial charge on any atom is 0.336 e. The minimum Gasteiger partial charge on any atom is -0.423 e.